The molecule has 1 unspecified atom stereocenters. The van der Waals surface area contributed by atoms with Crippen molar-refractivity contribution in [2.45, 2.75) is 44.7 Å². The topological polar surface area (TPSA) is 65.9 Å². The minimum absolute atomic E-state index is 0.0343. The van der Waals surface area contributed by atoms with E-state index in [1.165, 1.54) is 0 Å². The predicted octanol–water partition coefficient (Wildman–Crippen LogP) is 6.32. The van der Waals surface area contributed by atoms with Crippen LogP contribution >= 0.6 is 0 Å². The molecule has 2 aromatic carbocycles. The molecule has 4 rings (SSSR count). The molecule has 3 aromatic rings. The highest BCUT2D eigenvalue weighted by molar-refractivity contribution is 5.88. The van der Waals surface area contributed by atoms with Gasteiger partial charge in [-0.15, -0.1) is 0 Å². The molecule has 0 amide bonds. The third-order valence-electron chi connectivity index (χ3n) is 8.04. The van der Waals surface area contributed by atoms with E-state index in [2.05, 4.69) is 9.88 Å². The normalized spacial score (nSPS) is 16.2. The van der Waals surface area contributed by atoms with Crippen LogP contribution in [0.4, 0.5) is 23.2 Å². The molecule has 0 spiro atoms. The van der Waals surface area contributed by atoms with Crippen LogP contribution in [0.3, 0.4) is 0 Å². The van der Waals surface area contributed by atoms with E-state index in [-0.39, 0.29) is 24.8 Å². The Morgan fingerprint density at radius 1 is 1.15 bits per heavy atom. The van der Waals surface area contributed by atoms with Crippen LogP contribution in [0.15, 0.2) is 36.5 Å². The Hall–Kier alpha value is -3.40. The number of carbonyl (C=O) groups is 1. The van der Waals surface area contributed by atoms with Gasteiger partial charge in [-0.2, -0.15) is 0 Å². The summed E-state index contributed by atoms with van der Waals surface area (Å²) < 4.78 is 62.4. The molecule has 0 saturated carbocycles. The van der Waals surface area contributed by atoms with Gasteiger partial charge in [-0.3, -0.25) is 9.78 Å². The minimum atomic E-state index is -1.41. The zero-order valence-corrected chi connectivity index (χ0v) is 23.0. The van der Waals surface area contributed by atoms with E-state index in [0.29, 0.717) is 78.9 Å². The fourth-order valence-electron chi connectivity index (χ4n) is 5.61. The molecule has 0 radical (unpaired) electrons. The summed E-state index contributed by atoms with van der Waals surface area (Å²) in [7, 11) is 5.17. The van der Waals surface area contributed by atoms with Gasteiger partial charge in [0.25, 0.3) is 0 Å². The number of piperidine rings is 1. The van der Waals surface area contributed by atoms with Gasteiger partial charge >= 0.3 is 5.97 Å². The third kappa shape index (κ3) is 6.32. The van der Waals surface area contributed by atoms with Crippen molar-refractivity contribution in [2.75, 3.05) is 45.7 Å². The van der Waals surface area contributed by atoms with Crippen molar-refractivity contribution in [2.24, 2.45) is 5.41 Å². The Kier molecular flexibility index (Phi) is 9.18. The number of ether oxygens (including phenoxy) is 1. The molecule has 40 heavy (non-hydrogen) atoms. The summed E-state index contributed by atoms with van der Waals surface area (Å²) in [6.07, 6.45) is 1.67. The summed E-state index contributed by atoms with van der Waals surface area (Å²) in [5, 5.41) is 10.8. The highest BCUT2D eigenvalue weighted by Gasteiger charge is 2.42. The van der Waals surface area contributed by atoms with Gasteiger partial charge in [0.1, 0.15) is 29.4 Å². The lowest BCUT2D eigenvalue weighted by Crippen LogP contribution is -2.44. The van der Waals surface area contributed by atoms with Crippen LogP contribution in [-0.4, -0.2) is 61.8 Å². The van der Waals surface area contributed by atoms with Crippen LogP contribution in [0.25, 0.3) is 10.9 Å². The maximum Gasteiger partial charge on any atom is 0.309 e. The molecule has 1 atom stereocenters. The van der Waals surface area contributed by atoms with Crippen LogP contribution in [-0.2, 0) is 11.2 Å². The van der Waals surface area contributed by atoms with E-state index in [1.54, 1.807) is 36.4 Å². The van der Waals surface area contributed by atoms with Gasteiger partial charge < -0.3 is 19.6 Å². The second kappa shape index (κ2) is 12.4. The molecule has 1 aliphatic rings. The van der Waals surface area contributed by atoms with E-state index in [1.807, 2.05) is 14.1 Å². The Morgan fingerprint density at radius 2 is 1.82 bits per heavy atom. The maximum absolute atomic E-state index is 16.0. The van der Waals surface area contributed by atoms with Crippen molar-refractivity contribution >= 4 is 22.6 Å². The second-order valence-corrected chi connectivity index (χ2v) is 10.7. The summed E-state index contributed by atoms with van der Waals surface area (Å²) in [4.78, 5) is 20.7. The van der Waals surface area contributed by atoms with E-state index in [9.17, 15) is 23.1 Å². The third-order valence-corrected chi connectivity index (χ3v) is 8.04. The first-order valence-electron chi connectivity index (χ1n) is 13.4. The summed E-state index contributed by atoms with van der Waals surface area (Å²) >= 11 is 0. The Balaban J connectivity index is 1.41. The number of hydrogen-bond donors (Lipinski definition) is 1. The summed E-state index contributed by atoms with van der Waals surface area (Å²) in [5.41, 5.74) is 0.513. The smallest absolute Gasteiger partial charge is 0.309 e. The number of halogens is 4. The Morgan fingerprint density at radius 3 is 2.42 bits per heavy atom. The number of carboxylic acid groups (broad SMARTS) is 1. The summed E-state index contributed by atoms with van der Waals surface area (Å²) in [5.74, 6) is -3.12. The average molecular weight is 562 g/mol. The molecule has 1 N–H and O–H groups in total. The highest BCUT2D eigenvalue weighted by Crippen LogP contribution is 2.43. The average Bonchev–Trinajstić information content (AvgIpc) is 2.92. The lowest BCUT2D eigenvalue weighted by molar-refractivity contribution is -0.153. The molecule has 0 bridgehead atoms. The minimum Gasteiger partial charge on any atom is -0.497 e. The first-order chi connectivity index (χ1) is 19.0. The molecular formula is C30H35F4N3O3. The molecule has 1 aromatic heterocycles. The molecule has 2 heterocycles. The van der Waals surface area contributed by atoms with Gasteiger partial charge in [-0.05, 0) is 76.4 Å². The number of aromatic nitrogens is 1. The molecule has 6 nitrogen and oxygen atoms in total. The van der Waals surface area contributed by atoms with Gasteiger partial charge in [0.2, 0.25) is 0 Å². The number of fused-ring (bicyclic) bond motifs is 1. The van der Waals surface area contributed by atoms with Crippen LogP contribution in [0.1, 0.15) is 49.4 Å². The Labute approximate surface area is 231 Å². The molecule has 10 heteroatoms. The van der Waals surface area contributed by atoms with Crippen molar-refractivity contribution in [1.82, 2.24) is 9.88 Å². The number of nitrogens with zero attached hydrogens (tertiary/aromatic N) is 3. The number of aliphatic carboxylic acids is 1. The molecular weight excluding hydrogens is 526 g/mol. The number of carboxylic acids is 1. The van der Waals surface area contributed by atoms with Gasteiger partial charge in [-0.1, -0.05) is 0 Å². The SMILES string of the molecule is COc1ccc2ncc(N(C)C)c(C(F)CCC3(C(=O)O)CCN(CCCc4c(F)cc(F)cc4F)CC3)c2c1. The van der Waals surface area contributed by atoms with E-state index in [0.717, 1.165) is 0 Å². The summed E-state index contributed by atoms with van der Waals surface area (Å²) in [6, 6.07) is 6.64. The van der Waals surface area contributed by atoms with E-state index < -0.39 is 35.0 Å². The van der Waals surface area contributed by atoms with E-state index in [4.69, 9.17) is 4.74 Å². The molecule has 1 fully saturated rings. The molecule has 216 valence electrons. The number of methoxy groups -OCH3 is 1. The van der Waals surface area contributed by atoms with Crippen molar-refractivity contribution in [3.05, 3.63) is 65.1 Å². The second-order valence-electron chi connectivity index (χ2n) is 10.7. The van der Waals surface area contributed by atoms with Crippen LogP contribution in [0.5, 0.6) is 5.75 Å². The number of rotatable bonds is 11. The van der Waals surface area contributed by atoms with Crippen LogP contribution < -0.4 is 9.64 Å². The van der Waals surface area contributed by atoms with Crippen molar-refractivity contribution in [3.8, 4) is 5.75 Å². The standard InChI is InChI=1S/C30H35F4N3O3/c1-36(2)27-18-35-26-7-6-20(40-3)17-22(26)28(27)23(32)8-9-30(29(38)39)10-13-37(14-11-30)12-4-5-21-24(33)15-19(31)16-25(21)34/h6-7,15-18,23H,4-5,8-14H2,1-3H3,(H,38,39). The number of alkyl halides is 1. The summed E-state index contributed by atoms with van der Waals surface area (Å²) in [6.45, 7) is 1.49. The Bertz CT molecular complexity index is 1340. The highest BCUT2D eigenvalue weighted by atomic mass is 19.1. The molecule has 1 aliphatic heterocycles. The lowest BCUT2D eigenvalue weighted by atomic mass is 9.74. The fourth-order valence-corrected chi connectivity index (χ4v) is 5.61. The maximum atomic E-state index is 16.0. The van der Waals surface area contributed by atoms with Crippen LogP contribution in [0.2, 0.25) is 0 Å². The van der Waals surface area contributed by atoms with Gasteiger partial charge in [0.15, 0.2) is 0 Å². The zero-order valence-electron chi connectivity index (χ0n) is 23.0. The van der Waals surface area contributed by atoms with Crippen molar-refractivity contribution in [3.63, 3.8) is 0 Å². The lowest BCUT2D eigenvalue weighted by Gasteiger charge is -2.39. The van der Waals surface area contributed by atoms with Crippen LogP contribution in [0, 0.1) is 22.9 Å². The quantitative estimate of drug-likeness (QED) is 0.277. The van der Waals surface area contributed by atoms with Gasteiger partial charge in [0.05, 0.1) is 29.9 Å². The number of likely N-dealkylation sites (tertiary alicyclic amines) is 1. The first kappa shape index (κ1) is 29.6. The molecule has 0 aliphatic carbocycles. The fraction of sp³-hybridized carbons (Fsp3) is 0.467. The van der Waals surface area contributed by atoms with Crippen molar-refractivity contribution in [1.29, 1.82) is 0 Å². The number of pyridine rings is 1. The van der Waals surface area contributed by atoms with Gasteiger partial charge in [0, 0.05) is 42.7 Å². The zero-order chi connectivity index (χ0) is 29.0. The predicted molar refractivity (Wildman–Crippen MR) is 146 cm³/mol. The number of anilines is 1. The van der Waals surface area contributed by atoms with Crippen molar-refractivity contribution < 1.29 is 32.2 Å². The number of benzene rings is 2. The van der Waals surface area contributed by atoms with E-state index >= 15 is 4.39 Å². The first-order valence-corrected chi connectivity index (χ1v) is 13.4. The van der Waals surface area contributed by atoms with Gasteiger partial charge in [-0.25, -0.2) is 17.6 Å². The largest absolute Gasteiger partial charge is 0.497 e. The number of hydrogen-bond acceptors (Lipinski definition) is 5. The molecule has 1 saturated heterocycles. The monoisotopic (exact) mass is 561 g/mol.